The first-order valence-corrected chi connectivity index (χ1v) is 6.32. The van der Waals surface area contributed by atoms with Gasteiger partial charge in [0.2, 0.25) is 0 Å². The normalized spacial score (nSPS) is 12.2. The van der Waals surface area contributed by atoms with E-state index in [1.807, 2.05) is 12.1 Å². The molecule has 1 atom stereocenters. The Labute approximate surface area is 104 Å². The molecular formula is C13H23N3O. The van der Waals surface area contributed by atoms with E-state index in [9.17, 15) is 0 Å². The van der Waals surface area contributed by atoms with Crippen LogP contribution in [0.1, 0.15) is 33.1 Å². The second kappa shape index (κ2) is 7.90. The molecule has 1 unspecified atom stereocenters. The van der Waals surface area contributed by atoms with Crippen molar-refractivity contribution in [3.05, 3.63) is 18.3 Å². The van der Waals surface area contributed by atoms with E-state index in [1.165, 1.54) is 0 Å². The zero-order valence-corrected chi connectivity index (χ0v) is 10.8. The first-order chi connectivity index (χ1) is 8.27. The number of pyridine rings is 1. The minimum atomic E-state index is 0.359. The van der Waals surface area contributed by atoms with Crippen LogP contribution in [0.5, 0.6) is 5.75 Å². The number of nitrogens with two attached hydrogens (primary N) is 1. The number of hydrogen-bond acceptors (Lipinski definition) is 4. The fourth-order valence-corrected chi connectivity index (χ4v) is 1.56. The average molecular weight is 237 g/mol. The highest BCUT2D eigenvalue weighted by molar-refractivity contribution is 5.49. The molecule has 4 heteroatoms. The second-order valence-electron chi connectivity index (χ2n) is 4.17. The molecule has 0 radical (unpaired) electrons. The van der Waals surface area contributed by atoms with E-state index in [0.29, 0.717) is 6.04 Å². The third kappa shape index (κ3) is 5.04. The van der Waals surface area contributed by atoms with Crippen LogP contribution in [0.25, 0.3) is 0 Å². The Hall–Kier alpha value is -1.29. The van der Waals surface area contributed by atoms with Crippen LogP contribution in [0.2, 0.25) is 0 Å². The van der Waals surface area contributed by atoms with E-state index in [4.69, 9.17) is 10.5 Å². The van der Waals surface area contributed by atoms with E-state index in [2.05, 4.69) is 24.1 Å². The van der Waals surface area contributed by atoms with Gasteiger partial charge in [0.1, 0.15) is 0 Å². The van der Waals surface area contributed by atoms with Crippen LogP contribution in [0.4, 0.5) is 5.82 Å². The summed E-state index contributed by atoms with van der Waals surface area (Å²) in [5.41, 5.74) is 5.50. The van der Waals surface area contributed by atoms with Crippen molar-refractivity contribution in [1.82, 2.24) is 4.98 Å². The lowest BCUT2D eigenvalue weighted by molar-refractivity contribution is 0.317. The summed E-state index contributed by atoms with van der Waals surface area (Å²) in [7, 11) is 0. The molecule has 0 saturated heterocycles. The van der Waals surface area contributed by atoms with E-state index in [-0.39, 0.29) is 0 Å². The van der Waals surface area contributed by atoms with Gasteiger partial charge in [-0.2, -0.15) is 0 Å². The van der Waals surface area contributed by atoms with Crippen molar-refractivity contribution < 1.29 is 4.74 Å². The van der Waals surface area contributed by atoms with Gasteiger partial charge in [0, 0.05) is 12.2 Å². The molecule has 0 aromatic carbocycles. The van der Waals surface area contributed by atoms with E-state index >= 15 is 0 Å². The molecule has 0 aliphatic rings. The van der Waals surface area contributed by atoms with Crippen LogP contribution in [-0.4, -0.2) is 24.2 Å². The maximum Gasteiger partial charge on any atom is 0.168 e. The van der Waals surface area contributed by atoms with Crippen molar-refractivity contribution in [2.75, 3.05) is 18.5 Å². The minimum Gasteiger partial charge on any atom is -0.490 e. The fraction of sp³-hybridized carbons (Fsp3) is 0.615. The average Bonchev–Trinajstić information content (AvgIpc) is 2.35. The van der Waals surface area contributed by atoms with E-state index < -0.39 is 0 Å². The predicted octanol–water partition coefficient (Wildman–Crippen LogP) is 2.41. The predicted molar refractivity (Wildman–Crippen MR) is 71.4 cm³/mol. The fourth-order valence-electron chi connectivity index (χ4n) is 1.56. The van der Waals surface area contributed by atoms with Crippen LogP contribution in [-0.2, 0) is 0 Å². The molecule has 3 N–H and O–H groups in total. The standard InChI is InChI=1S/C13H23N3O/c1-3-10-17-12-7-5-9-15-13(12)16-11(2)6-4-8-14/h5,7,9,11H,3-4,6,8,10,14H2,1-2H3,(H,15,16). The monoisotopic (exact) mass is 237 g/mol. The maximum absolute atomic E-state index is 5.64. The Morgan fingerprint density at radius 2 is 2.35 bits per heavy atom. The number of rotatable bonds is 8. The number of hydrogen-bond donors (Lipinski definition) is 2. The van der Waals surface area contributed by atoms with E-state index in [1.54, 1.807) is 6.20 Å². The smallest absolute Gasteiger partial charge is 0.168 e. The van der Waals surface area contributed by atoms with Crippen molar-refractivity contribution in [2.24, 2.45) is 5.73 Å². The van der Waals surface area contributed by atoms with Gasteiger partial charge in [0.25, 0.3) is 0 Å². The Balaban J connectivity index is 2.56. The van der Waals surface area contributed by atoms with Gasteiger partial charge in [-0.15, -0.1) is 0 Å². The highest BCUT2D eigenvalue weighted by Gasteiger charge is 2.07. The summed E-state index contributed by atoms with van der Waals surface area (Å²) >= 11 is 0. The molecule has 0 aliphatic carbocycles. The summed E-state index contributed by atoms with van der Waals surface area (Å²) in [4.78, 5) is 4.31. The van der Waals surface area contributed by atoms with Crippen LogP contribution in [0.3, 0.4) is 0 Å². The number of nitrogens with one attached hydrogen (secondary N) is 1. The molecule has 96 valence electrons. The molecule has 0 amide bonds. The zero-order valence-electron chi connectivity index (χ0n) is 10.8. The van der Waals surface area contributed by atoms with Crippen molar-refractivity contribution in [1.29, 1.82) is 0 Å². The van der Waals surface area contributed by atoms with Crippen molar-refractivity contribution >= 4 is 5.82 Å². The maximum atomic E-state index is 5.64. The molecule has 1 rings (SSSR count). The van der Waals surface area contributed by atoms with Gasteiger partial charge >= 0.3 is 0 Å². The Bertz CT molecular complexity index is 317. The summed E-state index contributed by atoms with van der Waals surface area (Å²) in [6, 6.07) is 4.19. The summed E-state index contributed by atoms with van der Waals surface area (Å²) in [6.07, 6.45) is 4.83. The quantitative estimate of drug-likeness (QED) is 0.729. The Kier molecular flexibility index (Phi) is 6.40. The Morgan fingerprint density at radius 3 is 3.06 bits per heavy atom. The lowest BCUT2D eigenvalue weighted by Gasteiger charge is -2.16. The molecule has 1 aromatic rings. The molecule has 0 bridgehead atoms. The number of nitrogens with zero attached hydrogens (tertiary/aromatic N) is 1. The number of aromatic nitrogens is 1. The Morgan fingerprint density at radius 1 is 1.53 bits per heavy atom. The van der Waals surface area contributed by atoms with E-state index in [0.717, 1.165) is 44.0 Å². The second-order valence-corrected chi connectivity index (χ2v) is 4.17. The summed E-state index contributed by atoms with van der Waals surface area (Å²) in [6.45, 7) is 5.67. The summed E-state index contributed by atoms with van der Waals surface area (Å²) in [5, 5.41) is 3.36. The molecule has 0 spiro atoms. The van der Waals surface area contributed by atoms with Gasteiger partial charge in [-0.25, -0.2) is 4.98 Å². The minimum absolute atomic E-state index is 0.359. The first-order valence-electron chi connectivity index (χ1n) is 6.32. The molecular weight excluding hydrogens is 214 g/mol. The van der Waals surface area contributed by atoms with Gasteiger partial charge in [-0.05, 0) is 44.9 Å². The molecule has 0 fully saturated rings. The topological polar surface area (TPSA) is 60.2 Å². The lowest BCUT2D eigenvalue weighted by atomic mass is 10.2. The van der Waals surface area contributed by atoms with Crippen molar-refractivity contribution in [2.45, 2.75) is 39.2 Å². The third-order valence-electron chi connectivity index (χ3n) is 2.46. The van der Waals surface area contributed by atoms with Crippen LogP contribution in [0, 0.1) is 0 Å². The van der Waals surface area contributed by atoms with Gasteiger partial charge in [-0.1, -0.05) is 6.92 Å². The van der Waals surface area contributed by atoms with Crippen molar-refractivity contribution in [3.8, 4) is 5.75 Å². The lowest BCUT2D eigenvalue weighted by Crippen LogP contribution is -2.18. The number of ether oxygens (including phenoxy) is 1. The largest absolute Gasteiger partial charge is 0.490 e. The van der Waals surface area contributed by atoms with Crippen LogP contribution >= 0.6 is 0 Å². The van der Waals surface area contributed by atoms with Gasteiger partial charge in [0.05, 0.1) is 6.61 Å². The highest BCUT2D eigenvalue weighted by Crippen LogP contribution is 2.22. The van der Waals surface area contributed by atoms with Crippen molar-refractivity contribution in [3.63, 3.8) is 0 Å². The molecule has 17 heavy (non-hydrogen) atoms. The molecule has 1 heterocycles. The molecule has 0 saturated carbocycles. The number of anilines is 1. The van der Waals surface area contributed by atoms with Crippen LogP contribution in [0.15, 0.2) is 18.3 Å². The van der Waals surface area contributed by atoms with Gasteiger partial charge in [0.15, 0.2) is 11.6 Å². The molecule has 4 nitrogen and oxygen atoms in total. The van der Waals surface area contributed by atoms with Gasteiger partial charge < -0.3 is 15.8 Å². The highest BCUT2D eigenvalue weighted by atomic mass is 16.5. The zero-order chi connectivity index (χ0) is 12.5. The molecule has 0 aliphatic heterocycles. The summed E-state index contributed by atoms with van der Waals surface area (Å²) in [5.74, 6) is 1.65. The van der Waals surface area contributed by atoms with Gasteiger partial charge in [-0.3, -0.25) is 0 Å². The first kappa shape index (κ1) is 13.8. The summed E-state index contributed by atoms with van der Waals surface area (Å²) < 4.78 is 5.64. The molecule has 1 aromatic heterocycles. The SMILES string of the molecule is CCCOc1cccnc1NC(C)CCCN. The third-order valence-corrected chi connectivity index (χ3v) is 2.46. The van der Waals surface area contributed by atoms with Crippen LogP contribution < -0.4 is 15.8 Å².